The van der Waals surface area contributed by atoms with Crippen LogP contribution in [-0.2, 0) is 0 Å². The lowest BCUT2D eigenvalue weighted by molar-refractivity contribution is 0.417. The van der Waals surface area contributed by atoms with Crippen molar-refractivity contribution >= 4 is 41.3 Å². The molecular formula is C18H18Cl2FNS. The van der Waals surface area contributed by atoms with Gasteiger partial charge < -0.3 is 4.90 Å². The first kappa shape index (κ1) is 18.3. The van der Waals surface area contributed by atoms with Gasteiger partial charge in [0.05, 0.1) is 0 Å². The highest BCUT2D eigenvalue weighted by Crippen LogP contribution is 2.46. The fourth-order valence-electron chi connectivity index (χ4n) is 2.55. The van der Waals surface area contributed by atoms with Gasteiger partial charge in [0, 0.05) is 21.4 Å². The van der Waals surface area contributed by atoms with Crippen LogP contribution in [0.25, 0.3) is 5.57 Å². The molecule has 0 fully saturated rings. The zero-order valence-electron chi connectivity index (χ0n) is 13.0. The maximum absolute atomic E-state index is 13.7. The Morgan fingerprint density at radius 2 is 1.74 bits per heavy atom. The third-order valence-corrected chi connectivity index (χ3v) is 5.00. The zero-order valence-corrected chi connectivity index (χ0v) is 15.4. The number of rotatable bonds is 3. The summed E-state index contributed by atoms with van der Waals surface area (Å²) in [7, 11) is 4.10. The smallest absolute Gasteiger partial charge is 0.123 e. The Morgan fingerprint density at radius 1 is 1.09 bits per heavy atom. The Bertz CT molecular complexity index is 690. The van der Waals surface area contributed by atoms with Gasteiger partial charge in [0.15, 0.2) is 0 Å². The molecule has 0 atom stereocenters. The summed E-state index contributed by atoms with van der Waals surface area (Å²) in [5.41, 5.74) is 3.13. The van der Waals surface area contributed by atoms with Gasteiger partial charge in [-0.3, -0.25) is 0 Å². The van der Waals surface area contributed by atoms with Crippen molar-refractivity contribution in [1.29, 1.82) is 0 Å². The second-order valence-corrected chi connectivity index (χ2v) is 7.11. The van der Waals surface area contributed by atoms with Crippen LogP contribution in [0.2, 0.25) is 5.02 Å². The number of benzene rings is 2. The minimum Gasteiger partial charge on any atom is -0.309 e. The molecule has 0 saturated heterocycles. The average Bonchev–Trinajstić information content (AvgIpc) is 2.47. The lowest BCUT2D eigenvalue weighted by Gasteiger charge is -2.22. The number of hydrogen-bond donors (Lipinski definition) is 0. The monoisotopic (exact) mass is 369 g/mol. The number of hydrogen-bond acceptors (Lipinski definition) is 2. The quantitative estimate of drug-likeness (QED) is 0.578. The highest BCUT2D eigenvalue weighted by Gasteiger charge is 2.21. The van der Waals surface area contributed by atoms with E-state index >= 15 is 0 Å². The Kier molecular flexibility index (Phi) is 6.15. The molecule has 0 radical (unpaired) electrons. The summed E-state index contributed by atoms with van der Waals surface area (Å²) in [5.74, 6) is -0.205. The van der Waals surface area contributed by atoms with Crippen molar-refractivity contribution in [2.24, 2.45) is 0 Å². The molecule has 0 spiro atoms. The topological polar surface area (TPSA) is 3.24 Å². The summed E-state index contributed by atoms with van der Waals surface area (Å²) in [5, 5.41) is 0.706. The number of halogens is 3. The lowest BCUT2D eigenvalue weighted by Crippen LogP contribution is -2.12. The van der Waals surface area contributed by atoms with Gasteiger partial charge in [0.2, 0.25) is 0 Å². The molecule has 5 heteroatoms. The molecule has 0 unspecified atom stereocenters. The molecule has 3 rings (SSSR count). The van der Waals surface area contributed by atoms with E-state index in [1.54, 1.807) is 17.8 Å². The Balaban J connectivity index is 0.00000192. The fourth-order valence-corrected chi connectivity index (χ4v) is 3.79. The van der Waals surface area contributed by atoms with E-state index in [2.05, 4.69) is 11.0 Å². The molecule has 0 aliphatic carbocycles. The fraction of sp³-hybridized carbons (Fsp3) is 0.222. The lowest BCUT2D eigenvalue weighted by atomic mass is 9.96. The largest absolute Gasteiger partial charge is 0.309 e. The molecule has 0 bridgehead atoms. The van der Waals surface area contributed by atoms with Gasteiger partial charge in [-0.1, -0.05) is 29.4 Å². The van der Waals surface area contributed by atoms with Crippen molar-refractivity contribution in [1.82, 2.24) is 4.90 Å². The minimum atomic E-state index is -0.205. The summed E-state index contributed by atoms with van der Waals surface area (Å²) < 4.78 is 13.7. The van der Waals surface area contributed by atoms with E-state index in [0.717, 1.165) is 34.6 Å². The predicted molar refractivity (Wildman–Crippen MR) is 99.5 cm³/mol. The molecule has 2 aromatic rings. The summed E-state index contributed by atoms with van der Waals surface area (Å²) >= 11 is 7.83. The minimum absolute atomic E-state index is 0. The normalized spacial score (nSPS) is 14.4. The van der Waals surface area contributed by atoms with Gasteiger partial charge >= 0.3 is 0 Å². The third kappa shape index (κ3) is 4.10. The first-order valence-electron chi connectivity index (χ1n) is 7.17. The molecule has 2 aromatic carbocycles. The van der Waals surface area contributed by atoms with E-state index < -0.39 is 0 Å². The first-order chi connectivity index (χ1) is 10.5. The van der Waals surface area contributed by atoms with E-state index in [1.807, 2.05) is 38.4 Å². The molecule has 1 heterocycles. The molecule has 122 valence electrons. The molecule has 1 nitrogen and oxygen atoms in total. The van der Waals surface area contributed by atoms with Crippen LogP contribution in [-0.4, -0.2) is 25.5 Å². The van der Waals surface area contributed by atoms with Crippen LogP contribution in [0.4, 0.5) is 4.39 Å². The summed E-state index contributed by atoms with van der Waals surface area (Å²) in [4.78, 5) is 4.40. The van der Waals surface area contributed by atoms with Crippen LogP contribution in [0, 0.1) is 5.82 Å². The van der Waals surface area contributed by atoms with Crippen LogP contribution >= 0.6 is 35.8 Å². The second-order valence-electron chi connectivity index (χ2n) is 5.59. The standard InChI is InChI=1S/C18H17ClFNS.ClH/c1-21(2)9-3-4-14-15-10-12(19)5-7-17(15)22-18-8-6-13(20)11-16(14)18;/h4-8,10-11H,3,9H2,1-2H3;1H/b14-4+;. The van der Waals surface area contributed by atoms with Crippen molar-refractivity contribution < 1.29 is 4.39 Å². The summed E-state index contributed by atoms with van der Waals surface area (Å²) in [6.45, 7) is 0.956. The van der Waals surface area contributed by atoms with Crippen molar-refractivity contribution in [2.45, 2.75) is 16.2 Å². The van der Waals surface area contributed by atoms with E-state index in [1.165, 1.54) is 11.0 Å². The van der Waals surface area contributed by atoms with Crippen molar-refractivity contribution in [3.8, 4) is 0 Å². The van der Waals surface area contributed by atoms with Crippen LogP contribution in [0.1, 0.15) is 17.5 Å². The van der Waals surface area contributed by atoms with Crippen molar-refractivity contribution in [2.75, 3.05) is 20.6 Å². The number of fused-ring (bicyclic) bond motifs is 2. The van der Waals surface area contributed by atoms with Crippen molar-refractivity contribution in [3.05, 3.63) is 64.4 Å². The Morgan fingerprint density at radius 3 is 2.43 bits per heavy atom. The molecule has 23 heavy (non-hydrogen) atoms. The van der Waals surface area contributed by atoms with Gasteiger partial charge in [-0.05, 0) is 73.6 Å². The molecule has 0 aromatic heterocycles. The van der Waals surface area contributed by atoms with Gasteiger partial charge in [-0.15, -0.1) is 12.4 Å². The zero-order chi connectivity index (χ0) is 15.7. The maximum atomic E-state index is 13.7. The molecule has 1 aliphatic rings. The molecular weight excluding hydrogens is 352 g/mol. The van der Waals surface area contributed by atoms with Crippen LogP contribution in [0.5, 0.6) is 0 Å². The van der Waals surface area contributed by atoms with Crippen LogP contribution in [0.15, 0.2) is 52.3 Å². The summed E-state index contributed by atoms with van der Waals surface area (Å²) in [6.07, 6.45) is 3.10. The Labute approximate surface area is 151 Å². The third-order valence-electron chi connectivity index (χ3n) is 3.61. The van der Waals surface area contributed by atoms with E-state index in [9.17, 15) is 4.39 Å². The molecule has 1 aliphatic heterocycles. The second kappa shape index (κ2) is 7.71. The van der Waals surface area contributed by atoms with Gasteiger partial charge in [-0.2, -0.15) is 0 Å². The van der Waals surface area contributed by atoms with Crippen LogP contribution in [0.3, 0.4) is 0 Å². The first-order valence-corrected chi connectivity index (χ1v) is 8.36. The van der Waals surface area contributed by atoms with E-state index in [4.69, 9.17) is 11.6 Å². The molecule has 0 amide bonds. The van der Waals surface area contributed by atoms with Crippen LogP contribution < -0.4 is 0 Å². The number of nitrogens with zero attached hydrogens (tertiary/aromatic N) is 1. The van der Waals surface area contributed by atoms with Gasteiger partial charge in [-0.25, -0.2) is 4.39 Å². The van der Waals surface area contributed by atoms with E-state index in [-0.39, 0.29) is 18.2 Å². The molecule has 0 N–H and O–H groups in total. The summed E-state index contributed by atoms with van der Waals surface area (Å²) in [6, 6.07) is 10.9. The molecule has 0 saturated carbocycles. The highest BCUT2D eigenvalue weighted by molar-refractivity contribution is 7.99. The average molecular weight is 370 g/mol. The van der Waals surface area contributed by atoms with Gasteiger partial charge in [0.1, 0.15) is 5.82 Å². The van der Waals surface area contributed by atoms with E-state index in [0.29, 0.717) is 5.02 Å². The highest BCUT2D eigenvalue weighted by atomic mass is 35.5. The van der Waals surface area contributed by atoms with Gasteiger partial charge in [0.25, 0.3) is 0 Å². The predicted octanol–water partition coefficient (Wildman–Crippen LogP) is 5.75. The SMILES string of the molecule is CN(C)CC/C=C1/c2cc(F)ccc2Sc2ccc(Cl)cc21.Cl. The Hall–Kier alpha value is -1.000. The maximum Gasteiger partial charge on any atom is 0.123 e. The van der Waals surface area contributed by atoms with Crippen molar-refractivity contribution in [3.63, 3.8) is 0 Å².